The molecule has 0 unspecified atom stereocenters. The van der Waals surface area contributed by atoms with Gasteiger partial charge in [0.05, 0.1) is 36.5 Å². The van der Waals surface area contributed by atoms with Crippen LogP contribution in [0, 0.1) is 5.41 Å². The maximum absolute atomic E-state index is 14.0. The average molecular weight is 685 g/mol. The summed E-state index contributed by atoms with van der Waals surface area (Å²) in [6.07, 6.45) is 3.16. The predicted octanol–water partition coefficient (Wildman–Crippen LogP) is 5.64. The number of ether oxygens (including phenoxy) is 2. The highest BCUT2D eigenvalue weighted by atomic mass is 19.4. The van der Waals surface area contributed by atoms with Gasteiger partial charge in [-0.15, -0.1) is 0 Å². The molecule has 3 N–H and O–H groups in total. The van der Waals surface area contributed by atoms with Crippen molar-refractivity contribution in [1.82, 2.24) is 24.9 Å². The largest absolute Gasteiger partial charge is 0.480 e. The molecule has 0 saturated heterocycles. The fraction of sp³-hybridized carbons (Fsp3) is 0.455. The van der Waals surface area contributed by atoms with Gasteiger partial charge in [0.25, 0.3) is 5.91 Å². The molecule has 0 aliphatic heterocycles. The molecule has 4 aromatic heterocycles. The van der Waals surface area contributed by atoms with Gasteiger partial charge in [-0.3, -0.25) is 14.9 Å². The lowest BCUT2D eigenvalue weighted by atomic mass is 9.74. The number of anilines is 3. The zero-order valence-electron chi connectivity index (χ0n) is 27.7. The van der Waals surface area contributed by atoms with E-state index in [-0.39, 0.29) is 47.1 Å². The standard InChI is InChI=1S/C33H39F3N8O5/c1-5-49-30-22(33(34,35)36)13-20(15-38-30)24-14-25(44(3)18-32(19-48-4)11-7-6-8-12-32)27-28(39-24)41-31(40-27)42-29(47)23-10-9-21(16-37-23)43(2)17-26(45)46/h9-10,13-16H,5-8,11-12,17-19H2,1-4H3,(H,45,46)(H2,39,40,41,42,47). The minimum Gasteiger partial charge on any atom is -0.480 e. The van der Waals surface area contributed by atoms with E-state index in [1.807, 2.05) is 11.9 Å². The molecule has 0 radical (unpaired) electrons. The lowest BCUT2D eigenvalue weighted by Crippen LogP contribution is -2.40. The van der Waals surface area contributed by atoms with Crippen molar-refractivity contribution in [2.45, 2.75) is 45.2 Å². The summed E-state index contributed by atoms with van der Waals surface area (Å²) in [7, 11) is 5.17. The van der Waals surface area contributed by atoms with Crippen molar-refractivity contribution in [3.63, 3.8) is 0 Å². The van der Waals surface area contributed by atoms with Gasteiger partial charge < -0.3 is 29.4 Å². The van der Waals surface area contributed by atoms with Crippen molar-refractivity contribution >= 4 is 40.4 Å². The first-order valence-corrected chi connectivity index (χ1v) is 15.8. The molecule has 0 bridgehead atoms. The van der Waals surface area contributed by atoms with E-state index >= 15 is 0 Å². The van der Waals surface area contributed by atoms with Crippen LogP contribution in [0.4, 0.5) is 30.5 Å². The van der Waals surface area contributed by atoms with E-state index in [2.05, 4.69) is 30.2 Å². The number of carbonyl (C=O) groups excluding carboxylic acids is 1. The number of aromatic nitrogens is 5. The van der Waals surface area contributed by atoms with Crippen LogP contribution in [0.15, 0.2) is 36.7 Å². The van der Waals surface area contributed by atoms with Crippen LogP contribution in [0.1, 0.15) is 55.1 Å². The third kappa shape index (κ3) is 8.18. The molecule has 1 saturated carbocycles. The summed E-state index contributed by atoms with van der Waals surface area (Å²) < 4.78 is 52.9. The Hall–Kier alpha value is -4.99. The number of fused-ring (bicyclic) bond motifs is 1. The van der Waals surface area contributed by atoms with E-state index < -0.39 is 29.5 Å². The number of imidazole rings is 1. The van der Waals surface area contributed by atoms with Crippen LogP contribution in [-0.4, -0.2) is 89.4 Å². The third-order valence-corrected chi connectivity index (χ3v) is 8.55. The summed E-state index contributed by atoms with van der Waals surface area (Å²) in [6.45, 7) is 2.51. The Bertz CT molecular complexity index is 1790. The van der Waals surface area contributed by atoms with Crippen LogP contribution in [0.3, 0.4) is 0 Å². The van der Waals surface area contributed by atoms with Crippen molar-refractivity contribution in [3.8, 4) is 17.1 Å². The fourth-order valence-electron chi connectivity index (χ4n) is 6.28. The van der Waals surface area contributed by atoms with Gasteiger partial charge in [-0.05, 0) is 44.0 Å². The van der Waals surface area contributed by atoms with Crippen LogP contribution in [-0.2, 0) is 15.7 Å². The maximum atomic E-state index is 14.0. The summed E-state index contributed by atoms with van der Waals surface area (Å²) in [4.78, 5) is 48.0. The van der Waals surface area contributed by atoms with Gasteiger partial charge in [-0.1, -0.05) is 19.3 Å². The molecule has 262 valence electrons. The van der Waals surface area contributed by atoms with E-state index in [0.717, 1.165) is 38.2 Å². The lowest BCUT2D eigenvalue weighted by Gasteiger charge is -2.40. The number of H-pyrrole nitrogens is 1. The van der Waals surface area contributed by atoms with Crippen LogP contribution < -0.4 is 19.9 Å². The minimum atomic E-state index is -4.72. The molecule has 1 aliphatic rings. The number of alkyl halides is 3. The molecule has 0 atom stereocenters. The Labute approximate surface area is 280 Å². The molecular weight excluding hydrogens is 645 g/mol. The number of hydrogen-bond donors (Lipinski definition) is 3. The first-order valence-electron chi connectivity index (χ1n) is 15.8. The summed E-state index contributed by atoms with van der Waals surface area (Å²) >= 11 is 0. The number of amides is 1. The molecule has 0 aromatic carbocycles. The Morgan fingerprint density at radius 3 is 2.45 bits per heavy atom. The second kappa shape index (κ2) is 14.6. The topological polar surface area (TPSA) is 159 Å². The van der Waals surface area contributed by atoms with E-state index in [1.54, 1.807) is 33.2 Å². The molecule has 0 spiro atoms. The third-order valence-electron chi connectivity index (χ3n) is 8.55. The number of carboxylic acids is 1. The Balaban J connectivity index is 1.53. The molecule has 5 rings (SSSR count). The van der Waals surface area contributed by atoms with Crippen molar-refractivity contribution in [1.29, 1.82) is 0 Å². The molecule has 49 heavy (non-hydrogen) atoms. The first-order chi connectivity index (χ1) is 23.3. The number of carbonyl (C=O) groups is 2. The summed E-state index contributed by atoms with van der Waals surface area (Å²) in [6, 6.07) is 5.67. The Kier molecular flexibility index (Phi) is 10.6. The predicted molar refractivity (Wildman–Crippen MR) is 177 cm³/mol. The van der Waals surface area contributed by atoms with E-state index in [9.17, 15) is 22.8 Å². The van der Waals surface area contributed by atoms with Gasteiger partial charge in [-0.2, -0.15) is 18.2 Å². The zero-order chi connectivity index (χ0) is 35.3. The van der Waals surface area contributed by atoms with Crippen molar-refractivity contribution in [3.05, 3.63) is 47.9 Å². The van der Waals surface area contributed by atoms with E-state index in [4.69, 9.17) is 14.6 Å². The number of rotatable bonds is 13. The van der Waals surface area contributed by atoms with Gasteiger partial charge in [0.2, 0.25) is 11.8 Å². The van der Waals surface area contributed by atoms with Crippen LogP contribution >= 0.6 is 0 Å². The Morgan fingerprint density at radius 2 is 1.82 bits per heavy atom. The van der Waals surface area contributed by atoms with E-state index in [1.165, 1.54) is 23.4 Å². The molecule has 1 aliphatic carbocycles. The number of pyridine rings is 3. The monoisotopic (exact) mass is 684 g/mol. The number of aromatic amines is 1. The highest BCUT2D eigenvalue weighted by molar-refractivity contribution is 6.03. The summed E-state index contributed by atoms with van der Waals surface area (Å²) in [5.74, 6) is -2.06. The number of halogens is 3. The molecule has 13 nitrogen and oxygen atoms in total. The average Bonchev–Trinajstić information content (AvgIpc) is 3.46. The minimum absolute atomic E-state index is 0.0149. The number of aliphatic carboxylic acids is 1. The van der Waals surface area contributed by atoms with Gasteiger partial charge >= 0.3 is 12.1 Å². The highest BCUT2D eigenvalue weighted by Gasteiger charge is 2.37. The van der Waals surface area contributed by atoms with Crippen LogP contribution in [0.5, 0.6) is 5.88 Å². The van der Waals surface area contributed by atoms with E-state index in [0.29, 0.717) is 30.0 Å². The number of nitrogens with zero attached hydrogens (tertiary/aromatic N) is 6. The van der Waals surface area contributed by atoms with Gasteiger partial charge in [0, 0.05) is 44.9 Å². The SMILES string of the molecule is CCOc1ncc(-c2cc(N(C)CC3(COC)CCCCC3)c3[nH]c(NC(=O)c4ccc(N(C)CC(=O)O)cn4)nc3n2)cc1C(F)(F)F. The number of hydrogen-bond acceptors (Lipinski definition) is 10. The quantitative estimate of drug-likeness (QED) is 0.160. The maximum Gasteiger partial charge on any atom is 0.421 e. The smallest absolute Gasteiger partial charge is 0.421 e. The normalized spacial score (nSPS) is 14.4. The number of likely N-dealkylation sites (N-methyl/N-ethyl adjacent to an activating group) is 1. The van der Waals surface area contributed by atoms with Crippen molar-refractivity contribution in [2.24, 2.45) is 5.41 Å². The van der Waals surface area contributed by atoms with Gasteiger partial charge in [-0.25, -0.2) is 15.0 Å². The van der Waals surface area contributed by atoms with Gasteiger partial charge in [0.1, 0.15) is 23.3 Å². The molecule has 4 heterocycles. The van der Waals surface area contributed by atoms with Crippen LogP contribution in [0.2, 0.25) is 0 Å². The molecule has 1 fully saturated rings. The highest BCUT2D eigenvalue weighted by Crippen LogP contribution is 2.41. The number of nitrogens with one attached hydrogen (secondary N) is 2. The number of methoxy groups -OCH3 is 1. The summed E-state index contributed by atoms with van der Waals surface area (Å²) in [5.41, 5.74) is 0.974. The van der Waals surface area contributed by atoms with Crippen molar-refractivity contribution < 1.29 is 37.3 Å². The fourth-order valence-corrected chi connectivity index (χ4v) is 6.28. The van der Waals surface area contributed by atoms with Crippen LogP contribution in [0.25, 0.3) is 22.4 Å². The number of carboxylic acid groups (broad SMARTS) is 1. The molecular formula is C33H39F3N8O5. The van der Waals surface area contributed by atoms with Crippen molar-refractivity contribution in [2.75, 3.05) is 62.6 Å². The molecule has 4 aromatic rings. The lowest BCUT2D eigenvalue weighted by molar-refractivity contribution is -0.139. The second-order valence-electron chi connectivity index (χ2n) is 12.3. The summed E-state index contributed by atoms with van der Waals surface area (Å²) in [5, 5.41) is 11.7. The first kappa shape index (κ1) is 35.3. The Morgan fingerprint density at radius 1 is 1.06 bits per heavy atom. The molecule has 16 heteroatoms. The molecule has 1 amide bonds. The second-order valence-corrected chi connectivity index (χ2v) is 12.3. The van der Waals surface area contributed by atoms with Gasteiger partial charge in [0.15, 0.2) is 5.65 Å². The zero-order valence-corrected chi connectivity index (χ0v) is 27.7.